The van der Waals surface area contributed by atoms with Crippen molar-refractivity contribution in [3.05, 3.63) is 23.3 Å². The fourth-order valence-corrected chi connectivity index (χ4v) is 9.03. The third-order valence-corrected chi connectivity index (χ3v) is 12.0. The summed E-state index contributed by atoms with van der Waals surface area (Å²) in [6.45, 7) is 21.3. The number of aliphatic hydroxyl groups excluding tert-OH is 1. The average molecular weight is 567 g/mol. The van der Waals surface area contributed by atoms with Crippen LogP contribution in [0.1, 0.15) is 114 Å². The number of hydrogen-bond donors (Lipinski definition) is 2. The first-order chi connectivity index (χ1) is 18.7. The molecule has 0 aromatic carbocycles. The van der Waals surface area contributed by atoms with E-state index in [0.717, 1.165) is 50.5 Å². The van der Waals surface area contributed by atoms with Crippen molar-refractivity contribution in [2.24, 2.45) is 44.3 Å². The van der Waals surface area contributed by atoms with Crippen LogP contribution in [0.2, 0.25) is 0 Å². The highest BCUT2D eigenvalue weighted by molar-refractivity contribution is 6.04. The largest absolute Gasteiger partial charge is 0.395 e. The van der Waals surface area contributed by atoms with Crippen LogP contribution in [0.4, 0.5) is 0 Å². The van der Waals surface area contributed by atoms with Gasteiger partial charge in [0, 0.05) is 17.4 Å². The van der Waals surface area contributed by atoms with Gasteiger partial charge in [-0.1, -0.05) is 74.0 Å². The van der Waals surface area contributed by atoms with E-state index in [1.54, 1.807) is 13.0 Å². The molecule has 2 fully saturated rings. The highest BCUT2D eigenvalue weighted by Crippen LogP contribution is 2.67. The first kappa shape index (κ1) is 33.2. The maximum absolute atomic E-state index is 13.7. The van der Waals surface area contributed by atoms with Crippen LogP contribution in [0.25, 0.3) is 0 Å². The number of amides is 1. The second kappa shape index (κ2) is 11.1. The minimum atomic E-state index is -0.713. The lowest BCUT2D eigenvalue weighted by Gasteiger charge is -2.61. The Morgan fingerprint density at radius 1 is 1.15 bits per heavy atom. The normalized spacial score (nSPS) is 35.7. The first-order valence-electron chi connectivity index (χ1n) is 15.5. The number of carbonyl (C=O) groups excluding carboxylic acids is 3. The smallest absolute Gasteiger partial charge is 0.226 e. The van der Waals surface area contributed by atoms with E-state index < -0.39 is 21.7 Å². The molecule has 6 nitrogen and oxygen atoms in total. The van der Waals surface area contributed by atoms with E-state index in [9.17, 15) is 24.8 Å². The van der Waals surface area contributed by atoms with Crippen LogP contribution in [0.3, 0.4) is 0 Å². The summed E-state index contributed by atoms with van der Waals surface area (Å²) in [7, 11) is 0. The van der Waals surface area contributed by atoms with Gasteiger partial charge >= 0.3 is 0 Å². The van der Waals surface area contributed by atoms with Crippen molar-refractivity contribution in [2.75, 3.05) is 13.2 Å². The maximum atomic E-state index is 13.7. The van der Waals surface area contributed by atoms with E-state index in [2.05, 4.69) is 59.9 Å². The molecular formula is C35H54N2O4. The number of hydrogen-bond acceptors (Lipinski definition) is 5. The molecule has 0 bridgehead atoms. The lowest BCUT2D eigenvalue weighted by molar-refractivity contribution is -0.140. The Hall–Kier alpha value is -2.26. The van der Waals surface area contributed by atoms with Gasteiger partial charge in [0.2, 0.25) is 5.91 Å². The van der Waals surface area contributed by atoms with E-state index in [0.29, 0.717) is 0 Å². The van der Waals surface area contributed by atoms with Crippen molar-refractivity contribution >= 4 is 17.5 Å². The van der Waals surface area contributed by atoms with E-state index in [4.69, 9.17) is 0 Å². The molecule has 0 radical (unpaired) electrons. The quantitative estimate of drug-likeness (QED) is 0.317. The number of fused-ring (bicyclic) bond motifs is 1. The number of rotatable bonds is 8. The number of aliphatic hydroxyl groups is 1. The lowest BCUT2D eigenvalue weighted by atomic mass is 9.42. The Bertz CT molecular complexity index is 1180. The van der Waals surface area contributed by atoms with E-state index in [-0.39, 0.29) is 58.9 Å². The number of nitrogens with one attached hydrogen (secondary N) is 1. The molecule has 3 aliphatic carbocycles. The van der Waals surface area contributed by atoms with Crippen LogP contribution in [0, 0.1) is 55.7 Å². The van der Waals surface area contributed by atoms with Gasteiger partial charge in [-0.25, -0.2) is 0 Å². The van der Waals surface area contributed by atoms with Crippen LogP contribution in [0.5, 0.6) is 0 Å². The molecule has 228 valence electrons. The number of carbonyl (C=O) groups is 3. The molecule has 3 rings (SSSR count). The fourth-order valence-electron chi connectivity index (χ4n) is 9.03. The van der Waals surface area contributed by atoms with Gasteiger partial charge in [0.25, 0.3) is 0 Å². The number of Topliss-reactive ketones (excluding diaryl/α,β-unsaturated/α-hetero) is 1. The van der Waals surface area contributed by atoms with Crippen molar-refractivity contribution in [1.29, 1.82) is 5.26 Å². The van der Waals surface area contributed by atoms with Crippen LogP contribution in [-0.4, -0.2) is 35.7 Å². The molecule has 0 aromatic heterocycles. The van der Waals surface area contributed by atoms with Crippen molar-refractivity contribution in [1.82, 2.24) is 5.32 Å². The number of ketones is 2. The second-order valence-electron chi connectivity index (χ2n) is 15.9. The number of allylic oxidation sites excluding steroid dienone is 4. The van der Waals surface area contributed by atoms with Crippen LogP contribution < -0.4 is 5.32 Å². The molecular weight excluding hydrogens is 512 g/mol. The molecule has 0 aliphatic heterocycles. The SMILES string of the molecule is CC(=O)/C=C1/[C@@]2(C)C=C(C#N)C(=O)C(C)(C)[C@@H]2CC[C@@]1(C)C(C)(C)CC[C@@]1(C(=O)NCCO)CCC(C)(C)CC1C. The summed E-state index contributed by atoms with van der Waals surface area (Å²) in [5.74, 6) is 0.0662. The topological polar surface area (TPSA) is 107 Å². The highest BCUT2D eigenvalue weighted by Gasteiger charge is 2.61. The first-order valence-corrected chi connectivity index (χ1v) is 15.5. The molecule has 0 aromatic rings. The summed E-state index contributed by atoms with van der Waals surface area (Å²) in [6, 6.07) is 2.16. The summed E-state index contributed by atoms with van der Waals surface area (Å²) < 4.78 is 0. The zero-order valence-electron chi connectivity index (χ0n) is 27.3. The Morgan fingerprint density at radius 3 is 2.32 bits per heavy atom. The van der Waals surface area contributed by atoms with E-state index in [1.807, 2.05) is 19.9 Å². The van der Waals surface area contributed by atoms with Gasteiger partial charge in [-0.3, -0.25) is 14.4 Å². The van der Waals surface area contributed by atoms with Gasteiger partial charge in [0.05, 0.1) is 17.6 Å². The summed E-state index contributed by atoms with van der Waals surface area (Å²) in [4.78, 5) is 39.8. The van der Waals surface area contributed by atoms with Crippen LogP contribution in [-0.2, 0) is 14.4 Å². The zero-order valence-corrected chi connectivity index (χ0v) is 27.3. The van der Waals surface area contributed by atoms with E-state index in [1.165, 1.54) is 0 Å². The number of nitriles is 1. The Labute approximate surface area is 248 Å². The van der Waals surface area contributed by atoms with Gasteiger partial charge in [-0.15, -0.1) is 0 Å². The molecule has 1 amide bonds. The summed E-state index contributed by atoms with van der Waals surface area (Å²) in [5.41, 5.74) is -1.15. The third-order valence-electron chi connectivity index (χ3n) is 12.0. The number of nitrogens with zero attached hydrogens (tertiary/aromatic N) is 1. The standard InChI is InChI=1S/C35H54N2O4/c1-23-20-30(3,4)13-15-35(23,29(41)37-17-18-38)16-14-31(5,6)34(10)12-11-26-32(7,8)28(40)25(22-36)21-33(26,9)27(34)19-24(2)39/h19,21,23,26,38H,11-18,20H2,1-10H3,(H,37,41)/b27-19-/t23?,26-,33-,34+,35-/m0/s1. The van der Waals surface area contributed by atoms with Crippen molar-refractivity contribution in [3.63, 3.8) is 0 Å². The molecule has 41 heavy (non-hydrogen) atoms. The van der Waals surface area contributed by atoms with Crippen molar-refractivity contribution in [2.45, 2.75) is 114 Å². The molecule has 0 saturated heterocycles. The maximum Gasteiger partial charge on any atom is 0.226 e. The van der Waals surface area contributed by atoms with Crippen molar-refractivity contribution < 1.29 is 19.5 Å². The molecule has 3 aliphatic rings. The van der Waals surface area contributed by atoms with Gasteiger partial charge in [-0.2, -0.15) is 5.26 Å². The Morgan fingerprint density at radius 2 is 1.78 bits per heavy atom. The van der Waals surface area contributed by atoms with Gasteiger partial charge in [0.1, 0.15) is 6.07 Å². The van der Waals surface area contributed by atoms with Gasteiger partial charge in [-0.05, 0) is 86.0 Å². The van der Waals surface area contributed by atoms with Crippen LogP contribution in [0.15, 0.2) is 23.3 Å². The predicted molar refractivity (Wildman–Crippen MR) is 163 cm³/mol. The zero-order chi connectivity index (χ0) is 31.2. The molecule has 5 atom stereocenters. The summed E-state index contributed by atoms with van der Waals surface area (Å²) >= 11 is 0. The van der Waals surface area contributed by atoms with E-state index >= 15 is 0 Å². The molecule has 2 N–H and O–H groups in total. The minimum absolute atomic E-state index is 0.0229. The summed E-state index contributed by atoms with van der Waals surface area (Å²) in [6.07, 6.45) is 9.52. The third kappa shape index (κ3) is 5.61. The molecule has 0 spiro atoms. The lowest BCUT2D eigenvalue weighted by Crippen LogP contribution is -2.56. The summed E-state index contributed by atoms with van der Waals surface area (Å²) in [5, 5.41) is 22.3. The van der Waals surface area contributed by atoms with Gasteiger partial charge in [0.15, 0.2) is 11.6 Å². The molecule has 2 saturated carbocycles. The molecule has 6 heteroatoms. The van der Waals surface area contributed by atoms with Crippen LogP contribution >= 0.6 is 0 Å². The fraction of sp³-hybridized carbons (Fsp3) is 0.771. The molecule has 1 unspecified atom stereocenters. The van der Waals surface area contributed by atoms with Gasteiger partial charge < -0.3 is 10.4 Å². The molecule has 0 heterocycles. The minimum Gasteiger partial charge on any atom is -0.395 e. The average Bonchev–Trinajstić information content (AvgIpc) is 2.86. The van der Waals surface area contributed by atoms with Crippen molar-refractivity contribution in [3.8, 4) is 6.07 Å². The predicted octanol–water partition coefficient (Wildman–Crippen LogP) is 6.73. The second-order valence-corrected chi connectivity index (χ2v) is 15.9. The Balaban J connectivity index is 2.07. The monoisotopic (exact) mass is 566 g/mol. The highest BCUT2D eigenvalue weighted by atomic mass is 16.3. The Kier molecular flexibility index (Phi) is 9.00.